The minimum absolute atomic E-state index is 0.0450. The maximum Gasteiger partial charge on any atom is 0.194 e. The Morgan fingerprint density at radius 1 is 1.12 bits per heavy atom. The van der Waals surface area contributed by atoms with E-state index in [2.05, 4.69) is 19.1 Å². The van der Waals surface area contributed by atoms with Gasteiger partial charge in [0.2, 0.25) is 0 Å². The van der Waals surface area contributed by atoms with Crippen molar-refractivity contribution >= 4 is 5.78 Å². The molecule has 0 spiro atoms. The maximum atomic E-state index is 11.1. The summed E-state index contributed by atoms with van der Waals surface area (Å²) in [7, 11) is 0. The molecule has 0 fully saturated rings. The average Bonchev–Trinajstić information content (AvgIpc) is 2.78. The van der Waals surface area contributed by atoms with Crippen LogP contribution in [0.4, 0.5) is 0 Å². The van der Waals surface area contributed by atoms with E-state index in [9.17, 15) is 4.79 Å². The number of rotatable bonds is 3. The number of hydrogen-bond acceptors (Lipinski definition) is 2. The van der Waals surface area contributed by atoms with Gasteiger partial charge in [-0.15, -0.1) is 0 Å². The predicted octanol–water partition coefficient (Wildman–Crippen LogP) is 3.71. The van der Waals surface area contributed by atoms with Gasteiger partial charge in [-0.05, 0) is 24.1 Å². The molecule has 1 aromatic heterocycles. The fourth-order valence-corrected chi connectivity index (χ4v) is 1.59. The lowest BCUT2D eigenvalue weighted by Gasteiger charge is -1.99. The lowest BCUT2D eigenvalue weighted by atomic mass is 10.1. The lowest BCUT2D eigenvalue weighted by molar-refractivity contribution is 0.0988. The Kier molecular flexibility index (Phi) is 2.91. The normalized spacial score (nSPS) is 10.4. The summed E-state index contributed by atoms with van der Waals surface area (Å²) >= 11 is 0. The molecule has 82 valence electrons. The minimum Gasteiger partial charge on any atom is -0.453 e. The first kappa shape index (κ1) is 10.7. The second-order valence-electron chi connectivity index (χ2n) is 3.77. The van der Waals surface area contributed by atoms with Crippen molar-refractivity contribution in [2.24, 2.45) is 0 Å². The smallest absolute Gasteiger partial charge is 0.194 e. The highest BCUT2D eigenvalue weighted by Gasteiger charge is 2.07. The number of hydrogen-bond donors (Lipinski definition) is 0. The van der Waals surface area contributed by atoms with Gasteiger partial charge in [0.25, 0.3) is 0 Å². The fourth-order valence-electron chi connectivity index (χ4n) is 1.59. The van der Waals surface area contributed by atoms with E-state index in [1.54, 1.807) is 6.07 Å². The van der Waals surface area contributed by atoms with Crippen LogP contribution >= 0.6 is 0 Å². The van der Waals surface area contributed by atoms with Crippen LogP contribution in [0.15, 0.2) is 40.8 Å². The third-order valence-corrected chi connectivity index (χ3v) is 2.60. The van der Waals surface area contributed by atoms with Crippen molar-refractivity contribution < 1.29 is 9.21 Å². The zero-order valence-electron chi connectivity index (χ0n) is 9.49. The van der Waals surface area contributed by atoms with Gasteiger partial charge >= 0.3 is 0 Å². The Labute approximate surface area is 94.9 Å². The molecule has 2 aromatic rings. The first-order valence-corrected chi connectivity index (χ1v) is 5.41. The Hall–Kier alpha value is -1.83. The largest absolute Gasteiger partial charge is 0.453 e. The molecule has 2 nitrogen and oxygen atoms in total. The van der Waals surface area contributed by atoms with Crippen LogP contribution < -0.4 is 0 Å². The molecule has 0 amide bonds. The average molecular weight is 214 g/mol. The lowest BCUT2D eigenvalue weighted by Crippen LogP contribution is -1.86. The Morgan fingerprint density at radius 2 is 1.81 bits per heavy atom. The highest BCUT2D eigenvalue weighted by Crippen LogP contribution is 2.22. The summed E-state index contributed by atoms with van der Waals surface area (Å²) in [6, 6.07) is 11.7. The number of ketones is 1. The molecule has 1 heterocycles. The molecule has 0 unspecified atom stereocenters. The fraction of sp³-hybridized carbons (Fsp3) is 0.214. The van der Waals surface area contributed by atoms with Crippen LogP contribution in [0.3, 0.4) is 0 Å². The van der Waals surface area contributed by atoms with Crippen LogP contribution in [0.2, 0.25) is 0 Å². The second-order valence-corrected chi connectivity index (χ2v) is 3.77. The summed E-state index contributed by atoms with van der Waals surface area (Å²) in [6.07, 6.45) is 1.02. The topological polar surface area (TPSA) is 30.2 Å². The summed E-state index contributed by atoms with van der Waals surface area (Å²) in [5.74, 6) is 1.11. The second kappa shape index (κ2) is 4.35. The first-order chi connectivity index (χ1) is 7.70. The molecule has 2 rings (SSSR count). The van der Waals surface area contributed by atoms with Crippen LogP contribution in [0, 0.1) is 0 Å². The molecule has 0 aliphatic heterocycles. The number of aryl methyl sites for hydroxylation is 1. The van der Waals surface area contributed by atoms with Crippen molar-refractivity contribution in [2.45, 2.75) is 20.3 Å². The van der Waals surface area contributed by atoms with Gasteiger partial charge in [0.15, 0.2) is 11.5 Å². The molecule has 0 aliphatic carbocycles. The highest BCUT2D eigenvalue weighted by atomic mass is 16.3. The SMILES string of the molecule is CCc1ccc(-c2ccc(C(C)=O)o2)cc1. The van der Waals surface area contributed by atoms with E-state index in [0.29, 0.717) is 5.76 Å². The van der Waals surface area contributed by atoms with E-state index in [0.717, 1.165) is 17.7 Å². The summed E-state index contributed by atoms with van der Waals surface area (Å²) in [4.78, 5) is 11.1. The van der Waals surface area contributed by atoms with Gasteiger partial charge in [-0.2, -0.15) is 0 Å². The van der Waals surface area contributed by atoms with Gasteiger partial charge in [-0.25, -0.2) is 0 Å². The van der Waals surface area contributed by atoms with E-state index < -0.39 is 0 Å². The molecular formula is C14H14O2. The zero-order valence-corrected chi connectivity index (χ0v) is 9.49. The van der Waals surface area contributed by atoms with Gasteiger partial charge < -0.3 is 4.42 Å². The standard InChI is InChI=1S/C14H14O2/c1-3-11-4-6-12(7-5-11)14-9-8-13(16-14)10(2)15/h4-9H,3H2,1-2H3. The molecule has 0 saturated heterocycles. The molecule has 1 aromatic carbocycles. The number of benzene rings is 1. The quantitative estimate of drug-likeness (QED) is 0.729. The van der Waals surface area contributed by atoms with E-state index in [4.69, 9.17) is 4.42 Å². The van der Waals surface area contributed by atoms with E-state index in [-0.39, 0.29) is 5.78 Å². The molecule has 0 saturated carbocycles. The molecule has 0 aliphatic rings. The van der Waals surface area contributed by atoms with Gasteiger partial charge in [0.1, 0.15) is 5.76 Å². The van der Waals surface area contributed by atoms with E-state index >= 15 is 0 Å². The number of carbonyl (C=O) groups excluding carboxylic acids is 1. The molecule has 0 atom stereocenters. The number of carbonyl (C=O) groups is 1. The van der Waals surface area contributed by atoms with Crippen molar-refractivity contribution in [1.82, 2.24) is 0 Å². The molecule has 0 radical (unpaired) electrons. The monoisotopic (exact) mass is 214 g/mol. The zero-order chi connectivity index (χ0) is 11.5. The van der Waals surface area contributed by atoms with Gasteiger partial charge in [-0.3, -0.25) is 4.79 Å². The van der Waals surface area contributed by atoms with Crippen molar-refractivity contribution in [2.75, 3.05) is 0 Å². The van der Waals surface area contributed by atoms with Crippen molar-refractivity contribution in [3.05, 3.63) is 47.7 Å². The van der Waals surface area contributed by atoms with Crippen molar-refractivity contribution in [1.29, 1.82) is 0 Å². The van der Waals surface area contributed by atoms with Gasteiger partial charge in [0.05, 0.1) is 0 Å². The Bertz CT molecular complexity index is 492. The summed E-state index contributed by atoms with van der Waals surface area (Å²) in [5, 5.41) is 0. The van der Waals surface area contributed by atoms with Crippen LogP contribution in [-0.4, -0.2) is 5.78 Å². The molecule has 16 heavy (non-hydrogen) atoms. The van der Waals surface area contributed by atoms with E-state index in [1.165, 1.54) is 12.5 Å². The molecule has 2 heteroatoms. The number of Topliss-reactive ketones (excluding diaryl/α,β-unsaturated/α-hetero) is 1. The third kappa shape index (κ3) is 2.06. The summed E-state index contributed by atoms with van der Waals surface area (Å²) < 4.78 is 5.46. The van der Waals surface area contributed by atoms with Crippen molar-refractivity contribution in [3.8, 4) is 11.3 Å². The predicted molar refractivity (Wildman–Crippen MR) is 63.5 cm³/mol. The molecular weight excluding hydrogens is 200 g/mol. The first-order valence-electron chi connectivity index (χ1n) is 5.41. The van der Waals surface area contributed by atoms with Crippen LogP contribution in [0.5, 0.6) is 0 Å². The Morgan fingerprint density at radius 3 is 2.31 bits per heavy atom. The van der Waals surface area contributed by atoms with Gasteiger partial charge in [-0.1, -0.05) is 31.2 Å². The van der Waals surface area contributed by atoms with Crippen LogP contribution in [0.1, 0.15) is 30.0 Å². The minimum atomic E-state index is -0.0450. The molecule has 0 bridgehead atoms. The number of furan rings is 1. The maximum absolute atomic E-state index is 11.1. The van der Waals surface area contributed by atoms with Gasteiger partial charge in [0, 0.05) is 12.5 Å². The van der Waals surface area contributed by atoms with Crippen molar-refractivity contribution in [3.63, 3.8) is 0 Å². The van der Waals surface area contributed by atoms with Crippen LogP contribution in [-0.2, 0) is 6.42 Å². The molecule has 0 N–H and O–H groups in total. The Balaban J connectivity index is 2.31. The summed E-state index contributed by atoms with van der Waals surface area (Å²) in [6.45, 7) is 3.62. The third-order valence-electron chi connectivity index (χ3n) is 2.60. The van der Waals surface area contributed by atoms with E-state index in [1.807, 2.05) is 18.2 Å². The summed E-state index contributed by atoms with van der Waals surface area (Å²) in [5.41, 5.74) is 2.30. The highest BCUT2D eigenvalue weighted by molar-refractivity contribution is 5.91. The van der Waals surface area contributed by atoms with Crippen LogP contribution in [0.25, 0.3) is 11.3 Å².